The third kappa shape index (κ3) is 5.35. The molecule has 0 aliphatic carbocycles. The molecular weight excluding hydrogens is 393 g/mol. The number of hydrogen-bond donors (Lipinski definition) is 1. The summed E-state index contributed by atoms with van der Waals surface area (Å²) in [6.07, 6.45) is -0.632. The number of carbonyl (C=O) groups is 1. The lowest BCUT2D eigenvalue weighted by atomic mass is 10.1. The molecule has 1 heterocycles. The highest BCUT2D eigenvalue weighted by molar-refractivity contribution is 8.00. The summed E-state index contributed by atoms with van der Waals surface area (Å²) in [5, 5.41) is 10.6. The Kier molecular flexibility index (Phi) is 6.53. The summed E-state index contributed by atoms with van der Waals surface area (Å²) in [6, 6.07) is 12.0. The van der Waals surface area contributed by atoms with E-state index in [0.717, 1.165) is 28.6 Å². The van der Waals surface area contributed by atoms with E-state index in [2.05, 4.69) is 15.5 Å². The Hall–Kier alpha value is -2.87. The third-order valence-electron chi connectivity index (χ3n) is 4.21. The van der Waals surface area contributed by atoms with Crippen molar-refractivity contribution in [1.82, 2.24) is 10.2 Å². The molecule has 8 heteroatoms. The van der Waals surface area contributed by atoms with Crippen LogP contribution in [0.1, 0.15) is 37.0 Å². The molecule has 1 aromatic heterocycles. The minimum absolute atomic E-state index is 0.105. The summed E-state index contributed by atoms with van der Waals surface area (Å²) in [4.78, 5) is 12.5. The Bertz CT molecular complexity index is 1010. The van der Waals surface area contributed by atoms with Crippen LogP contribution in [-0.2, 0) is 4.79 Å². The molecule has 1 N–H and O–H groups in total. The summed E-state index contributed by atoms with van der Waals surface area (Å²) in [7, 11) is 0. The molecule has 0 radical (unpaired) electrons. The second-order valence-corrected chi connectivity index (χ2v) is 7.96. The van der Waals surface area contributed by atoms with Gasteiger partial charge in [-0.05, 0) is 57.0 Å². The van der Waals surface area contributed by atoms with Crippen LogP contribution < -0.4 is 10.1 Å². The molecule has 0 aliphatic heterocycles. The van der Waals surface area contributed by atoms with Gasteiger partial charge >= 0.3 is 0 Å². The number of halogens is 1. The Morgan fingerprint density at radius 2 is 1.93 bits per heavy atom. The largest absolute Gasteiger partial charge is 0.478 e. The molecule has 0 spiro atoms. The van der Waals surface area contributed by atoms with E-state index >= 15 is 0 Å². The van der Waals surface area contributed by atoms with Crippen molar-refractivity contribution in [1.29, 1.82) is 0 Å². The van der Waals surface area contributed by atoms with Gasteiger partial charge < -0.3 is 14.5 Å². The summed E-state index contributed by atoms with van der Waals surface area (Å²) in [6.45, 7) is 7.35. The first-order chi connectivity index (χ1) is 13.8. The number of thioether (sulfide) groups is 1. The molecule has 1 amide bonds. The van der Waals surface area contributed by atoms with Gasteiger partial charge in [0, 0.05) is 5.69 Å². The zero-order valence-electron chi connectivity index (χ0n) is 16.6. The van der Waals surface area contributed by atoms with Crippen molar-refractivity contribution in [2.75, 3.05) is 5.32 Å². The number of nitrogens with zero attached hydrogens (tertiary/aromatic N) is 2. The van der Waals surface area contributed by atoms with Gasteiger partial charge in [0.15, 0.2) is 17.7 Å². The number of aromatic nitrogens is 2. The summed E-state index contributed by atoms with van der Waals surface area (Å²) in [5.74, 6) is -0.323. The van der Waals surface area contributed by atoms with Gasteiger partial charge in [-0.2, -0.15) is 0 Å². The average Bonchev–Trinajstić information content (AvgIpc) is 3.15. The fourth-order valence-corrected chi connectivity index (χ4v) is 3.21. The van der Waals surface area contributed by atoms with E-state index in [-0.39, 0.29) is 22.8 Å². The van der Waals surface area contributed by atoms with Crippen LogP contribution in [-0.4, -0.2) is 21.4 Å². The van der Waals surface area contributed by atoms with Crippen LogP contribution in [0, 0.1) is 19.7 Å². The lowest BCUT2D eigenvalue weighted by Gasteiger charge is -2.13. The van der Waals surface area contributed by atoms with Gasteiger partial charge in [0.2, 0.25) is 5.91 Å². The van der Waals surface area contributed by atoms with E-state index in [4.69, 9.17) is 9.15 Å². The Labute approximate surface area is 172 Å². The van der Waals surface area contributed by atoms with E-state index in [0.29, 0.717) is 0 Å². The van der Waals surface area contributed by atoms with E-state index in [9.17, 15) is 9.18 Å². The van der Waals surface area contributed by atoms with E-state index in [1.54, 1.807) is 26.0 Å². The monoisotopic (exact) mass is 415 g/mol. The molecule has 0 aliphatic rings. The maximum absolute atomic E-state index is 13.7. The Morgan fingerprint density at radius 3 is 2.69 bits per heavy atom. The highest BCUT2D eigenvalue weighted by Crippen LogP contribution is 2.28. The molecule has 3 rings (SSSR count). The molecule has 0 saturated heterocycles. The molecule has 152 valence electrons. The lowest BCUT2D eigenvalue weighted by Crippen LogP contribution is -2.22. The predicted octanol–water partition coefficient (Wildman–Crippen LogP) is 5.08. The molecule has 2 aromatic carbocycles. The first-order valence-electron chi connectivity index (χ1n) is 9.13. The van der Waals surface area contributed by atoms with Crippen LogP contribution in [0.15, 0.2) is 52.1 Å². The zero-order valence-corrected chi connectivity index (χ0v) is 17.4. The van der Waals surface area contributed by atoms with Crippen LogP contribution in [0.5, 0.6) is 5.75 Å². The predicted molar refractivity (Wildman–Crippen MR) is 110 cm³/mol. The summed E-state index contributed by atoms with van der Waals surface area (Å²) < 4.78 is 24.8. The average molecular weight is 415 g/mol. The zero-order chi connectivity index (χ0) is 21.0. The molecule has 29 heavy (non-hydrogen) atoms. The van der Waals surface area contributed by atoms with Gasteiger partial charge in [0.25, 0.3) is 11.1 Å². The first kappa shape index (κ1) is 20.9. The maximum Gasteiger partial charge on any atom is 0.277 e. The number of nitrogens with one attached hydrogen (secondary N) is 1. The first-order valence-corrected chi connectivity index (χ1v) is 10.0. The fraction of sp³-hybridized carbons (Fsp3) is 0.286. The molecule has 0 unspecified atom stereocenters. The second-order valence-electron chi connectivity index (χ2n) is 6.66. The maximum atomic E-state index is 13.7. The van der Waals surface area contributed by atoms with E-state index < -0.39 is 17.2 Å². The van der Waals surface area contributed by atoms with Crippen molar-refractivity contribution in [2.24, 2.45) is 0 Å². The number of anilines is 1. The van der Waals surface area contributed by atoms with Crippen molar-refractivity contribution in [3.63, 3.8) is 0 Å². The second kappa shape index (κ2) is 9.09. The van der Waals surface area contributed by atoms with Crippen LogP contribution in [0.4, 0.5) is 10.1 Å². The SMILES string of the molecule is Cc1ccc(C)c(NC(=O)[C@@H](C)Sc2nnc([C@@H](C)Oc3ccccc3F)o2)c1. The third-order valence-corrected chi connectivity index (χ3v) is 5.14. The van der Waals surface area contributed by atoms with Gasteiger partial charge in [0.05, 0.1) is 5.25 Å². The van der Waals surface area contributed by atoms with Gasteiger partial charge in [0.1, 0.15) is 0 Å². The number of carbonyl (C=O) groups excluding carboxylic acids is 1. The number of hydrogen-bond acceptors (Lipinski definition) is 6. The summed E-state index contributed by atoms with van der Waals surface area (Å²) >= 11 is 1.15. The molecule has 0 saturated carbocycles. The standard InChI is InChI=1S/C21H22FN3O3S/c1-12-9-10-13(2)17(11-12)23-19(26)15(4)29-21-25-24-20(28-21)14(3)27-18-8-6-5-7-16(18)22/h5-11,14-15H,1-4H3,(H,23,26)/t14-,15-/m1/s1. The molecule has 3 aromatic rings. The molecule has 0 bridgehead atoms. The number of amides is 1. The minimum Gasteiger partial charge on any atom is -0.478 e. The van der Waals surface area contributed by atoms with Crippen molar-refractivity contribution in [3.8, 4) is 5.75 Å². The van der Waals surface area contributed by atoms with E-state index in [1.165, 1.54) is 12.1 Å². The summed E-state index contributed by atoms with van der Waals surface area (Å²) in [5.41, 5.74) is 2.83. The van der Waals surface area contributed by atoms with Gasteiger partial charge in [-0.25, -0.2) is 4.39 Å². The van der Waals surface area contributed by atoms with E-state index in [1.807, 2.05) is 32.0 Å². The van der Waals surface area contributed by atoms with Crippen LogP contribution >= 0.6 is 11.8 Å². The fourth-order valence-electron chi connectivity index (χ4n) is 2.52. The van der Waals surface area contributed by atoms with Crippen LogP contribution in [0.3, 0.4) is 0 Å². The highest BCUT2D eigenvalue weighted by Gasteiger charge is 2.22. The van der Waals surface area contributed by atoms with Gasteiger partial charge in [-0.3, -0.25) is 4.79 Å². The van der Waals surface area contributed by atoms with Gasteiger partial charge in [-0.15, -0.1) is 10.2 Å². The normalized spacial score (nSPS) is 13.0. The van der Waals surface area contributed by atoms with Crippen LogP contribution in [0.2, 0.25) is 0 Å². The molecule has 6 nitrogen and oxygen atoms in total. The Morgan fingerprint density at radius 1 is 1.17 bits per heavy atom. The van der Waals surface area contributed by atoms with Gasteiger partial charge in [-0.1, -0.05) is 36.0 Å². The van der Waals surface area contributed by atoms with Crippen molar-refractivity contribution >= 4 is 23.4 Å². The molecule has 2 atom stereocenters. The van der Waals surface area contributed by atoms with Crippen LogP contribution in [0.25, 0.3) is 0 Å². The number of para-hydroxylation sites is 1. The number of ether oxygens (including phenoxy) is 1. The topological polar surface area (TPSA) is 77.2 Å². The number of benzene rings is 2. The smallest absolute Gasteiger partial charge is 0.277 e. The molecular formula is C21H22FN3O3S. The lowest BCUT2D eigenvalue weighted by molar-refractivity contribution is -0.115. The number of aryl methyl sites for hydroxylation is 2. The Balaban J connectivity index is 1.61. The molecule has 0 fully saturated rings. The highest BCUT2D eigenvalue weighted by atomic mass is 32.2. The quantitative estimate of drug-likeness (QED) is 0.542. The minimum atomic E-state index is -0.632. The van der Waals surface area contributed by atoms with Crippen molar-refractivity contribution in [2.45, 2.75) is 44.3 Å². The van der Waals surface area contributed by atoms with Crippen molar-refractivity contribution < 1.29 is 18.3 Å². The van der Waals surface area contributed by atoms with Crippen molar-refractivity contribution in [3.05, 3.63) is 65.3 Å². The number of rotatable bonds is 7.